The Morgan fingerprint density at radius 1 is 1.04 bits per heavy atom. The summed E-state index contributed by atoms with van der Waals surface area (Å²) >= 11 is 0. The van der Waals surface area contributed by atoms with E-state index in [1.807, 2.05) is 13.0 Å². The zero-order chi connectivity index (χ0) is 34.2. The lowest BCUT2D eigenvalue weighted by molar-refractivity contribution is -0.258. The van der Waals surface area contributed by atoms with Gasteiger partial charge in [0.15, 0.2) is 0 Å². The van der Waals surface area contributed by atoms with E-state index in [2.05, 4.69) is 20.8 Å². The topological polar surface area (TPSA) is 128 Å². The van der Waals surface area contributed by atoms with Gasteiger partial charge in [0, 0.05) is 53.4 Å². The molecule has 10 heteroatoms. The van der Waals surface area contributed by atoms with Crippen molar-refractivity contribution < 1.29 is 47.3 Å². The standard InChI is InChI=1S/C37H48O10/c1-10-19(4)34(41)47-32-30-31-35(7,17-43-30)26(44-21(6)38)15-27(46-33(40)18(2)3)36(31,8)25-14-28(39)45-24-13-23(22-11-12-42-16-22)20(5)29(24)37(25,32)9/h10-12,16,18,23-27,30-32H,13-15,17H2,1-9H3/b19-10+/t23-,24+,25-,26-,27+,30-,31+,32-,35-,36+,37-/m1/s1. The van der Waals surface area contributed by atoms with Gasteiger partial charge in [-0.1, -0.05) is 46.3 Å². The minimum Gasteiger partial charge on any atom is -0.472 e. The third-order valence-corrected chi connectivity index (χ3v) is 12.4. The minimum atomic E-state index is -0.957. The van der Waals surface area contributed by atoms with Crippen LogP contribution in [0.15, 0.2) is 45.8 Å². The van der Waals surface area contributed by atoms with Crippen LogP contribution < -0.4 is 0 Å². The number of furan rings is 1. The Kier molecular flexibility index (Phi) is 8.29. The molecule has 11 atom stereocenters. The van der Waals surface area contributed by atoms with E-state index in [4.69, 9.17) is 28.1 Å². The summed E-state index contributed by atoms with van der Waals surface area (Å²) in [6.45, 7) is 16.9. The van der Waals surface area contributed by atoms with Gasteiger partial charge in [0.1, 0.15) is 24.4 Å². The first-order chi connectivity index (χ1) is 22.1. The van der Waals surface area contributed by atoms with Crippen molar-refractivity contribution in [2.24, 2.45) is 34.0 Å². The molecule has 0 spiro atoms. The van der Waals surface area contributed by atoms with Crippen LogP contribution in [0.1, 0.15) is 93.1 Å². The Morgan fingerprint density at radius 2 is 1.77 bits per heavy atom. The summed E-state index contributed by atoms with van der Waals surface area (Å²) in [6, 6.07) is 1.93. The molecule has 2 aliphatic heterocycles. The van der Waals surface area contributed by atoms with E-state index in [1.165, 1.54) is 6.92 Å². The molecule has 2 saturated carbocycles. The quantitative estimate of drug-likeness (QED) is 0.160. The summed E-state index contributed by atoms with van der Waals surface area (Å²) in [5.74, 6) is -3.01. The fourth-order valence-electron chi connectivity index (χ4n) is 10.2. The molecule has 3 aliphatic carbocycles. The van der Waals surface area contributed by atoms with Gasteiger partial charge in [0.25, 0.3) is 0 Å². The van der Waals surface area contributed by atoms with E-state index in [0.717, 1.165) is 16.7 Å². The van der Waals surface area contributed by atoms with Crippen molar-refractivity contribution in [1.82, 2.24) is 0 Å². The molecular weight excluding hydrogens is 604 g/mol. The molecule has 256 valence electrons. The van der Waals surface area contributed by atoms with Crippen molar-refractivity contribution in [3.05, 3.63) is 47.0 Å². The van der Waals surface area contributed by atoms with Crippen molar-refractivity contribution >= 4 is 23.9 Å². The van der Waals surface area contributed by atoms with Crippen LogP contribution in [0.5, 0.6) is 0 Å². The highest BCUT2D eigenvalue weighted by Gasteiger charge is 2.78. The van der Waals surface area contributed by atoms with Gasteiger partial charge in [-0.25, -0.2) is 4.79 Å². The fraction of sp³-hybridized carbons (Fsp3) is 0.676. The normalized spacial score (nSPS) is 41.0. The first-order valence-corrected chi connectivity index (χ1v) is 16.8. The van der Waals surface area contributed by atoms with Gasteiger partial charge < -0.3 is 28.1 Å². The average molecular weight is 653 g/mol. The third-order valence-electron chi connectivity index (χ3n) is 12.4. The van der Waals surface area contributed by atoms with E-state index >= 15 is 0 Å². The SMILES string of the molecule is C/C=C(\C)C(=O)O[C@@H]1[C@@H]2OC[C@]3(C)[C@H](OC(C)=O)C[C@H](OC(=O)C(C)C)[C@@](C)([C@@H]23)[C@H]2CC(=O)O[C@H]3C[C@@H](c4ccoc4)C(C)=C3[C@]12C. The van der Waals surface area contributed by atoms with Crippen LogP contribution in [-0.2, 0) is 42.9 Å². The van der Waals surface area contributed by atoms with E-state index in [0.29, 0.717) is 12.0 Å². The predicted molar refractivity (Wildman–Crippen MR) is 169 cm³/mol. The monoisotopic (exact) mass is 652 g/mol. The van der Waals surface area contributed by atoms with Gasteiger partial charge in [0.05, 0.1) is 31.2 Å². The summed E-state index contributed by atoms with van der Waals surface area (Å²) in [7, 11) is 0. The molecule has 1 aromatic heterocycles. The van der Waals surface area contributed by atoms with Gasteiger partial charge in [-0.2, -0.15) is 0 Å². The van der Waals surface area contributed by atoms with Crippen LogP contribution >= 0.6 is 0 Å². The predicted octanol–water partition coefficient (Wildman–Crippen LogP) is 5.84. The first kappa shape index (κ1) is 33.5. The number of esters is 4. The molecule has 47 heavy (non-hydrogen) atoms. The molecule has 3 heterocycles. The molecule has 0 N–H and O–H groups in total. The molecule has 0 radical (unpaired) electrons. The third kappa shape index (κ3) is 4.91. The highest BCUT2D eigenvalue weighted by molar-refractivity contribution is 5.88. The number of allylic oxidation sites excluding steroid dienone is 2. The first-order valence-electron chi connectivity index (χ1n) is 16.8. The highest BCUT2D eigenvalue weighted by Crippen LogP contribution is 2.72. The Morgan fingerprint density at radius 3 is 2.38 bits per heavy atom. The van der Waals surface area contributed by atoms with Gasteiger partial charge in [0.2, 0.25) is 0 Å². The summed E-state index contributed by atoms with van der Waals surface area (Å²) < 4.78 is 37.4. The maximum Gasteiger partial charge on any atom is 0.333 e. The van der Waals surface area contributed by atoms with E-state index in [-0.39, 0.29) is 37.3 Å². The van der Waals surface area contributed by atoms with Crippen LogP contribution in [-0.4, -0.2) is 61.0 Å². The maximum absolute atomic E-state index is 13.9. The molecule has 10 nitrogen and oxygen atoms in total. The number of hydrogen-bond donors (Lipinski definition) is 0. The molecule has 0 aromatic carbocycles. The molecule has 2 saturated heterocycles. The summed E-state index contributed by atoms with van der Waals surface area (Å²) in [4.78, 5) is 53.5. The van der Waals surface area contributed by atoms with E-state index in [9.17, 15) is 19.2 Å². The summed E-state index contributed by atoms with van der Waals surface area (Å²) in [5.41, 5.74) is 0.850. The van der Waals surface area contributed by atoms with Crippen LogP contribution in [0.3, 0.4) is 0 Å². The summed E-state index contributed by atoms with van der Waals surface area (Å²) in [5, 5.41) is 0. The van der Waals surface area contributed by atoms with Gasteiger partial charge in [-0.3, -0.25) is 14.4 Å². The van der Waals surface area contributed by atoms with Crippen molar-refractivity contribution in [2.75, 3.05) is 6.61 Å². The number of hydrogen-bond acceptors (Lipinski definition) is 10. The Labute approximate surface area is 276 Å². The smallest absolute Gasteiger partial charge is 0.333 e. The van der Waals surface area contributed by atoms with Crippen molar-refractivity contribution in [3.8, 4) is 0 Å². The number of fused-ring (bicyclic) bond motifs is 4. The second kappa shape index (κ2) is 11.6. The minimum absolute atomic E-state index is 0.0283. The molecular formula is C37H48O10. The molecule has 1 aromatic rings. The van der Waals surface area contributed by atoms with Crippen molar-refractivity contribution in [1.29, 1.82) is 0 Å². The Bertz CT molecular complexity index is 1520. The number of carbonyl (C=O) groups excluding carboxylic acids is 4. The van der Waals surface area contributed by atoms with Crippen LogP contribution in [0, 0.1) is 34.0 Å². The largest absolute Gasteiger partial charge is 0.472 e. The second-order valence-electron chi connectivity index (χ2n) is 15.3. The molecule has 6 rings (SSSR count). The zero-order valence-electron chi connectivity index (χ0n) is 28.9. The Balaban J connectivity index is 1.61. The average Bonchev–Trinajstić information content (AvgIpc) is 3.72. The van der Waals surface area contributed by atoms with Crippen LogP contribution in [0.4, 0.5) is 0 Å². The van der Waals surface area contributed by atoms with Gasteiger partial charge in [-0.05, 0) is 50.3 Å². The van der Waals surface area contributed by atoms with Crippen molar-refractivity contribution in [3.63, 3.8) is 0 Å². The lowest BCUT2D eigenvalue weighted by atomic mass is 9.39. The molecule has 0 unspecified atom stereocenters. The fourth-order valence-corrected chi connectivity index (χ4v) is 10.2. The van der Waals surface area contributed by atoms with E-state index < -0.39 is 76.5 Å². The number of ether oxygens (including phenoxy) is 5. The zero-order valence-corrected chi connectivity index (χ0v) is 28.9. The highest BCUT2D eigenvalue weighted by atomic mass is 16.6. The molecule has 0 amide bonds. The summed E-state index contributed by atoms with van der Waals surface area (Å²) in [6.07, 6.45) is 2.50. The molecule has 4 fully saturated rings. The lowest BCUT2D eigenvalue weighted by Gasteiger charge is -2.66. The van der Waals surface area contributed by atoms with Crippen LogP contribution in [0.25, 0.3) is 0 Å². The van der Waals surface area contributed by atoms with Gasteiger partial charge in [-0.15, -0.1) is 0 Å². The molecule has 5 aliphatic rings. The second-order valence-corrected chi connectivity index (χ2v) is 15.3. The lowest BCUT2D eigenvalue weighted by Crippen LogP contribution is -2.72. The van der Waals surface area contributed by atoms with Crippen LogP contribution in [0.2, 0.25) is 0 Å². The Hall–Kier alpha value is -3.40. The molecule has 0 bridgehead atoms. The number of carbonyl (C=O) groups is 4. The maximum atomic E-state index is 13.9. The van der Waals surface area contributed by atoms with Gasteiger partial charge >= 0.3 is 23.9 Å². The van der Waals surface area contributed by atoms with E-state index in [1.54, 1.807) is 46.3 Å². The van der Waals surface area contributed by atoms with Crippen molar-refractivity contribution in [2.45, 2.75) is 118 Å². The number of rotatable bonds is 6.